The molecule has 0 radical (unpaired) electrons. The molecule has 0 aliphatic carbocycles. The van der Waals surface area contributed by atoms with Gasteiger partial charge in [0.2, 0.25) is 0 Å². The number of aryl methyl sites for hydroxylation is 1. The zero-order chi connectivity index (χ0) is 11.4. The molecule has 2 rings (SSSR count). The SMILES string of the molecule is COc1ccc2[nH]c(CCCC#N)cc2c1. The Bertz CT molecular complexity index is 522. The van der Waals surface area contributed by atoms with Crippen molar-refractivity contribution in [2.24, 2.45) is 0 Å². The molecule has 82 valence electrons. The Balaban J connectivity index is 2.20. The lowest BCUT2D eigenvalue weighted by Gasteiger charge is -1.97. The predicted molar refractivity (Wildman–Crippen MR) is 63.4 cm³/mol. The minimum atomic E-state index is 0.610. The summed E-state index contributed by atoms with van der Waals surface area (Å²) in [6.45, 7) is 0. The minimum absolute atomic E-state index is 0.610. The zero-order valence-corrected chi connectivity index (χ0v) is 9.29. The van der Waals surface area contributed by atoms with E-state index >= 15 is 0 Å². The molecule has 0 fully saturated rings. The number of H-pyrrole nitrogens is 1. The van der Waals surface area contributed by atoms with E-state index in [9.17, 15) is 0 Å². The van der Waals surface area contributed by atoms with Gasteiger partial charge in [-0.05, 0) is 37.1 Å². The molecule has 0 spiro atoms. The second kappa shape index (κ2) is 4.71. The van der Waals surface area contributed by atoms with Crippen LogP contribution >= 0.6 is 0 Å². The predicted octanol–water partition coefficient (Wildman–Crippen LogP) is 3.02. The number of hydrogen-bond acceptors (Lipinski definition) is 2. The number of benzene rings is 1. The zero-order valence-electron chi connectivity index (χ0n) is 9.29. The van der Waals surface area contributed by atoms with Gasteiger partial charge in [-0.2, -0.15) is 5.26 Å². The Morgan fingerprint density at radius 3 is 3.00 bits per heavy atom. The first-order valence-corrected chi connectivity index (χ1v) is 5.36. The molecule has 0 saturated carbocycles. The highest BCUT2D eigenvalue weighted by molar-refractivity contribution is 5.81. The average molecular weight is 214 g/mol. The number of fused-ring (bicyclic) bond motifs is 1. The van der Waals surface area contributed by atoms with Crippen molar-refractivity contribution in [2.45, 2.75) is 19.3 Å². The standard InChI is InChI=1S/C13H14N2O/c1-16-12-5-6-13-10(9-12)8-11(15-13)4-2-3-7-14/h5-6,8-9,15H,2-4H2,1H3. The van der Waals surface area contributed by atoms with Crippen molar-refractivity contribution in [3.8, 4) is 11.8 Å². The van der Waals surface area contributed by atoms with Crippen LogP contribution in [0.5, 0.6) is 5.75 Å². The maximum atomic E-state index is 8.48. The van der Waals surface area contributed by atoms with Gasteiger partial charge in [-0.25, -0.2) is 0 Å². The molecular weight excluding hydrogens is 200 g/mol. The third-order valence-electron chi connectivity index (χ3n) is 2.62. The van der Waals surface area contributed by atoms with Crippen molar-refractivity contribution in [2.75, 3.05) is 7.11 Å². The van der Waals surface area contributed by atoms with Crippen LogP contribution in [0.25, 0.3) is 10.9 Å². The molecule has 1 heterocycles. The molecule has 1 aromatic carbocycles. The van der Waals surface area contributed by atoms with E-state index in [1.54, 1.807) is 7.11 Å². The van der Waals surface area contributed by atoms with E-state index in [4.69, 9.17) is 10.00 Å². The summed E-state index contributed by atoms with van der Waals surface area (Å²) < 4.78 is 5.17. The number of nitrogens with zero attached hydrogens (tertiary/aromatic N) is 1. The summed E-state index contributed by atoms with van der Waals surface area (Å²) in [6.07, 6.45) is 2.43. The summed E-state index contributed by atoms with van der Waals surface area (Å²) in [5.41, 5.74) is 2.30. The van der Waals surface area contributed by atoms with Gasteiger partial charge in [-0.3, -0.25) is 0 Å². The number of aromatic nitrogens is 1. The van der Waals surface area contributed by atoms with E-state index in [-0.39, 0.29) is 0 Å². The van der Waals surface area contributed by atoms with Crippen molar-refractivity contribution in [3.63, 3.8) is 0 Å². The molecule has 3 nitrogen and oxygen atoms in total. The van der Waals surface area contributed by atoms with E-state index in [0.29, 0.717) is 6.42 Å². The molecule has 0 aliphatic rings. The van der Waals surface area contributed by atoms with Crippen LogP contribution in [0, 0.1) is 11.3 Å². The van der Waals surface area contributed by atoms with Gasteiger partial charge < -0.3 is 9.72 Å². The molecular formula is C13H14N2O. The highest BCUT2D eigenvalue weighted by Crippen LogP contribution is 2.21. The summed E-state index contributed by atoms with van der Waals surface area (Å²) in [6, 6.07) is 10.2. The quantitative estimate of drug-likeness (QED) is 0.795. The molecule has 0 unspecified atom stereocenters. The molecule has 1 N–H and O–H groups in total. The van der Waals surface area contributed by atoms with Crippen LogP contribution in [-0.4, -0.2) is 12.1 Å². The van der Waals surface area contributed by atoms with Gasteiger partial charge in [0, 0.05) is 23.0 Å². The lowest BCUT2D eigenvalue weighted by molar-refractivity contribution is 0.415. The highest BCUT2D eigenvalue weighted by atomic mass is 16.5. The Labute approximate surface area is 94.7 Å². The van der Waals surface area contributed by atoms with Crippen LogP contribution in [0.3, 0.4) is 0 Å². The van der Waals surface area contributed by atoms with Crippen LogP contribution < -0.4 is 4.74 Å². The number of ether oxygens (including phenoxy) is 1. The molecule has 0 amide bonds. The highest BCUT2D eigenvalue weighted by Gasteiger charge is 2.01. The fourth-order valence-electron chi connectivity index (χ4n) is 1.79. The molecule has 16 heavy (non-hydrogen) atoms. The Morgan fingerprint density at radius 1 is 1.38 bits per heavy atom. The first-order chi connectivity index (χ1) is 7.83. The van der Waals surface area contributed by atoms with Crippen molar-refractivity contribution in [3.05, 3.63) is 30.0 Å². The topological polar surface area (TPSA) is 48.8 Å². The molecule has 1 aromatic heterocycles. The lowest BCUT2D eigenvalue weighted by atomic mass is 10.2. The van der Waals surface area contributed by atoms with Crippen LogP contribution in [0.15, 0.2) is 24.3 Å². The molecule has 0 saturated heterocycles. The van der Waals surface area contributed by atoms with E-state index in [2.05, 4.69) is 17.1 Å². The van der Waals surface area contributed by atoms with E-state index in [1.165, 1.54) is 5.69 Å². The second-order valence-corrected chi connectivity index (χ2v) is 3.76. The normalized spacial score (nSPS) is 10.2. The largest absolute Gasteiger partial charge is 0.497 e. The molecule has 0 bridgehead atoms. The molecule has 0 atom stereocenters. The number of methoxy groups -OCH3 is 1. The maximum Gasteiger partial charge on any atom is 0.119 e. The van der Waals surface area contributed by atoms with Gasteiger partial charge in [-0.15, -0.1) is 0 Å². The number of nitrogens with one attached hydrogen (secondary N) is 1. The fraction of sp³-hybridized carbons (Fsp3) is 0.308. The number of aromatic amines is 1. The van der Waals surface area contributed by atoms with Gasteiger partial charge in [-0.1, -0.05) is 0 Å². The monoisotopic (exact) mass is 214 g/mol. The maximum absolute atomic E-state index is 8.48. The van der Waals surface area contributed by atoms with Gasteiger partial charge in [0.05, 0.1) is 13.2 Å². The Hall–Kier alpha value is -1.95. The third kappa shape index (κ3) is 2.17. The first kappa shape index (κ1) is 10.6. The number of unbranched alkanes of at least 4 members (excludes halogenated alkanes) is 1. The van der Waals surface area contributed by atoms with Crippen LogP contribution in [0.4, 0.5) is 0 Å². The van der Waals surface area contributed by atoms with E-state index < -0.39 is 0 Å². The van der Waals surface area contributed by atoms with Gasteiger partial charge in [0.1, 0.15) is 5.75 Å². The first-order valence-electron chi connectivity index (χ1n) is 5.36. The molecule has 0 aliphatic heterocycles. The van der Waals surface area contributed by atoms with Crippen molar-refractivity contribution >= 4 is 10.9 Å². The third-order valence-corrected chi connectivity index (χ3v) is 2.62. The summed E-state index contributed by atoms with van der Waals surface area (Å²) in [7, 11) is 1.67. The minimum Gasteiger partial charge on any atom is -0.497 e. The lowest BCUT2D eigenvalue weighted by Crippen LogP contribution is -1.83. The second-order valence-electron chi connectivity index (χ2n) is 3.76. The number of rotatable bonds is 4. The Morgan fingerprint density at radius 2 is 2.25 bits per heavy atom. The smallest absolute Gasteiger partial charge is 0.119 e. The van der Waals surface area contributed by atoms with Crippen molar-refractivity contribution < 1.29 is 4.74 Å². The fourth-order valence-corrected chi connectivity index (χ4v) is 1.79. The van der Waals surface area contributed by atoms with Crippen LogP contribution in [0.2, 0.25) is 0 Å². The van der Waals surface area contributed by atoms with Gasteiger partial charge in [0.15, 0.2) is 0 Å². The van der Waals surface area contributed by atoms with Crippen molar-refractivity contribution in [1.29, 1.82) is 5.26 Å². The average Bonchev–Trinajstić information content (AvgIpc) is 2.70. The van der Waals surface area contributed by atoms with E-state index in [0.717, 1.165) is 29.5 Å². The number of hydrogen-bond donors (Lipinski definition) is 1. The number of nitriles is 1. The van der Waals surface area contributed by atoms with Crippen LogP contribution in [0.1, 0.15) is 18.5 Å². The van der Waals surface area contributed by atoms with Crippen molar-refractivity contribution in [1.82, 2.24) is 4.98 Å². The van der Waals surface area contributed by atoms with E-state index in [1.807, 2.05) is 18.2 Å². The van der Waals surface area contributed by atoms with Crippen LogP contribution in [-0.2, 0) is 6.42 Å². The molecule has 3 heteroatoms. The van der Waals surface area contributed by atoms with Gasteiger partial charge >= 0.3 is 0 Å². The summed E-state index contributed by atoms with van der Waals surface area (Å²) in [5.74, 6) is 0.870. The summed E-state index contributed by atoms with van der Waals surface area (Å²) in [5, 5.41) is 9.63. The summed E-state index contributed by atoms with van der Waals surface area (Å²) >= 11 is 0. The summed E-state index contributed by atoms with van der Waals surface area (Å²) in [4.78, 5) is 3.34. The Kier molecular flexibility index (Phi) is 3.11. The van der Waals surface area contributed by atoms with Gasteiger partial charge in [0.25, 0.3) is 0 Å². The molecule has 2 aromatic rings.